The maximum Gasteiger partial charge on any atom is 0.416 e. The minimum Gasteiger partial charge on any atom is -0.402 e. The molecule has 3 aromatic rings. The SMILES string of the molecule is CN=C(C(F)=CN)c1csc(C(=O)NC(Cc2ccccc2C(F)(F)F)N2C(=O)c3ccccc3C2=O)c1. The Morgan fingerprint density at radius 2 is 1.71 bits per heavy atom. The van der Waals surface area contributed by atoms with Crippen LogP contribution in [0.5, 0.6) is 0 Å². The fourth-order valence-corrected chi connectivity index (χ4v) is 4.93. The Hall–Kier alpha value is -4.32. The average Bonchev–Trinajstić information content (AvgIpc) is 3.47. The number of rotatable bonds is 7. The standard InChI is InChI=1S/C26H20F4N4O3S/c1-32-22(19(27)12-31)15-10-20(38-13-15)23(35)33-21(11-14-6-2-5-9-18(14)26(28,29)30)34-24(36)16-7-3-4-8-17(16)25(34)37/h2-10,12-13,21H,11,31H2,1H3,(H,33,35). The Kier molecular flexibility index (Phi) is 7.44. The van der Waals surface area contributed by atoms with Crippen molar-refractivity contribution in [3.05, 3.63) is 105 Å². The van der Waals surface area contributed by atoms with E-state index >= 15 is 0 Å². The van der Waals surface area contributed by atoms with E-state index in [4.69, 9.17) is 5.73 Å². The molecule has 1 aromatic heterocycles. The van der Waals surface area contributed by atoms with Crippen LogP contribution in [-0.2, 0) is 12.6 Å². The van der Waals surface area contributed by atoms with Crippen LogP contribution in [0.15, 0.2) is 77.0 Å². The van der Waals surface area contributed by atoms with Gasteiger partial charge in [0.05, 0.1) is 21.6 Å². The third kappa shape index (κ3) is 5.07. The predicted molar refractivity (Wildman–Crippen MR) is 134 cm³/mol. The summed E-state index contributed by atoms with van der Waals surface area (Å²) in [5.41, 5.74) is 4.35. The van der Waals surface area contributed by atoms with Gasteiger partial charge in [-0.25, -0.2) is 4.39 Å². The lowest BCUT2D eigenvalue weighted by atomic mass is 10.0. The number of fused-ring (bicyclic) bond motifs is 1. The molecule has 0 spiro atoms. The number of amides is 3. The number of nitrogens with zero attached hydrogens (tertiary/aromatic N) is 2. The van der Waals surface area contributed by atoms with E-state index in [2.05, 4.69) is 10.3 Å². The van der Waals surface area contributed by atoms with Crippen LogP contribution < -0.4 is 11.1 Å². The van der Waals surface area contributed by atoms with Gasteiger partial charge in [0, 0.05) is 30.6 Å². The summed E-state index contributed by atoms with van der Waals surface area (Å²) >= 11 is 0.920. The lowest BCUT2D eigenvalue weighted by Gasteiger charge is -2.28. The van der Waals surface area contributed by atoms with Gasteiger partial charge in [-0.05, 0) is 29.8 Å². The van der Waals surface area contributed by atoms with Crippen LogP contribution in [0.4, 0.5) is 17.6 Å². The second kappa shape index (κ2) is 10.6. The Bertz CT molecular complexity index is 1440. The molecule has 0 bridgehead atoms. The Labute approximate surface area is 218 Å². The van der Waals surface area contributed by atoms with Crippen LogP contribution in [0.1, 0.15) is 47.1 Å². The van der Waals surface area contributed by atoms with E-state index in [0.717, 1.165) is 28.5 Å². The van der Waals surface area contributed by atoms with Crippen LogP contribution in [-0.4, -0.2) is 41.5 Å². The largest absolute Gasteiger partial charge is 0.416 e. The summed E-state index contributed by atoms with van der Waals surface area (Å²) in [5.74, 6) is -3.09. The van der Waals surface area contributed by atoms with Gasteiger partial charge in [-0.2, -0.15) is 13.2 Å². The molecule has 3 N–H and O–H groups in total. The topological polar surface area (TPSA) is 105 Å². The van der Waals surface area contributed by atoms with E-state index in [9.17, 15) is 31.9 Å². The number of hydrogen-bond acceptors (Lipinski definition) is 6. The van der Waals surface area contributed by atoms with Crippen LogP contribution >= 0.6 is 11.3 Å². The van der Waals surface area contributed by atoms with Crippen molar-refractivity contribution in [1.82, 2.24) is 10.2 Å². The lowest BCUT2D eigenvalue weighted by Crippen LogP contribution is -2.52. The molecular weight excluding hydrogens is 524 g/mol. The minimum atomic E-state index is -4.70. The average molecular weight is 545 g/mol. The summed E-state index contributed by atoms with van der Waals surface area (Å²) in [6.45, 7) is 0. The maximum atomic E-state index is 14.0. The molecule has 0 saturated heterocycles. The molecule has 7 nitrogen and oxygen atoms in total. The van der Waals surface area contributed by atoms with E-state index in [-0.39, 0.29) is 32.8 Å². The van der Waals surface area contributed by atoms with Crippen LogP contribution in [0.2, 0.25) is 0 Å². The summed E-state index contributed by atoms with van der Waals surface area (Å²) < 4.78 is 55.1. The number of hydrogen-bond donors (Lipinski definition) is 2. The monoisotopic (exact) mass is 544 g/mol. The van der Waals surface area contributed by atoms with Gasteiger partial charge in [-0.15, -0.1) is 11.3 Å². The summed E-state index contributed by atoms with van der Waals surface area (Å²) in [4.78, 5) is 44.1. The zero-order valence-electron chi connectivity index (χ0n) is 19.8. The molecule has 1 unspecified atom stereocenters. The number of aliphatic imine (C=N–C) groups is 1. The van der Waals surface area contributed by atoms with Crippen molar-refractivity contribution in [1.29, 1.82) is 0 Å². The number of nitrogens with two attached hydrogens (primary N) is 1. The number of allylic oxidation sites excluding steroid dienone is 1. The molecule has 2 heterocycles. The van der Waals surface area contributed by atoms with Crippen molar-refractivity contribution < 1.29 is 31.9 Å². The lowest BCUT2D eigenvalue weighted by molar-refractivity contribution is -0.138. The summed E-state index contributed by atoms with van der Waals surface area (Å²) in [7, 11) is 1.34. The number of thiophene rings is 1. The number of imide groups is 1. The van der Waals surface area contributed by atoms with Gasteiger partial charge in [-0.1, -0.05) is 30.3 Å². The number of halogens is 4. The molecular formula is C26H20F4N4O3S. The van der Waals surface area contributed by atoms with E-state index in [1.54, 1.807) is 12.1 Å². The van der Waals surface area contributed by atoms with Crippen LogP contribution in [0.3, 0.4) is 0 Å². The van der Waals surface area contributed by atoms with Crippen molar-refractivity contribution in [3.63, 3.8) is 0 Å². The van der Waals surface area contributed by atoms with Crippen LogP contribution in [0.25, 0.3) is 0 Å². The number of benzene rings is 2. The highest BCUT2D eigenvalue weighted by Gasteiger charge is 2.42. The fraction of sp³-hybridized carbons (Fsp3) is 0.154. The molecule has 0 saturated carbocycles. The van der Waals surface area contributed by atoms with E-state index < -0.39 is 47.9 Å². The first-order valence-electron chi connectivity index (χ1n) is 11.1. The highest BCUT2D eigenvalue weighted by molar-refractivity contribution is 7.12. The molecule has 1 aliphatic heterocycles. The maximum absolute atomic E-state index is 14.0. The molecule has 38 heavy (non-hydrogen) atoms. The van der Waals surface area contributed by atoms with Gasteiger partial charge in [0.15, 0.2) is 5.83 Å². The van der Waals surface area contributed by atoms with Gasteiger partial charge in [-0.3, -0.25) is 24.3 Å². The van der Waals surface area contributed by atoms with Crippen LogP contribution in [0, 0.1) is 0 Å². The van der Waals surface area contributed by atoms with E-state index in [0.29, 0.717) is 0 Å². The highest BCUT2D eigenvalue weighted by Crippen LogP contribution is 2.33. The van der Waals surface area contributed by atoms with Crippen molar-refractivity contribution in [2.24, 2.45) is 10.7 Å². The molecule has 0 fully saturated rings. The highest BCUT2D eigenvalue weighted by atomic mass is 32.1. The van der Waals surface area contributed by atoms with Gasteiger partial charge in [0.1, 0.15) is 11.9 Å². The zero-order valence-corrected chi connectivity index (χ0v) is 20.6. The first-order chi connectivity index (χ1) is 18.1. The summed E-state index contributed by atoms with van der Waals surface area (Å²) in [5, 5.41) is 3.98. The smallest absolute Gasteiger partial charge is 0.402 e. The minimum absolute atomic E-state index is 0.0525. The molecule has 196 valence electrons. The molecule has 1 atom stereocenters. The van der Waals surface area contributed by atoms with Crippen molar-refractivity contribution >= 4 is 34.8 Å². The van der Waals surface area contributed by atoms with Crippen molar-refractivity contribution in [3.8, 4) is 0 Å². The summed E-state index contributed by atoms with van der Waals surface area (Å²) in [6, 6.07) is 12.0. The second-order valence-electron chi connectivity index (χ2n) is 8.16. The van der Waals surface area contributed by atoms with Gasteiger partial charge < -0.3 is 11.1 Å². The Morgan fingerprint density at radius 3 is 2.29 bits per heavy atom. The third-order valence-electron chi connectivity index (χ3n) is 5.86. The normalized spacial score (nSPS) is 15.0. The third-order valence-corrected chi connectivity index (χ3v) is 6.79. The number of carbonyl (C=O) groups excluding carboxylic acids is 3. The predicted octanol–water partition coefficient (Wildman–Crippen LogP) is 4.55. The first kappa shape index (κ1) is 26.7. The first-order valence-corrected chi connectivity index (χ1v) is 12.0. The second-order valence-corrected chi connectivity index (χ2v) is 9.07. The van der Waals surface area contributed by atoms with Crippen molar-refractivity contribution in [2.75, 3.05) is 7.05 Å². The Morgan fingerprint density at radius 1 is 1.11 bits per heavy atom. The molecule has 3 amide bonds. The van der Waals surface area contributed by atoms with Gasteiger partial charge in [0.2, 0.25) is 0 Å². The molecule has 0 radical (unpaired) electrons. The molecule has 4 rings (SSSR count). The number of alkyl halides is 3. The Balaban J connectivity index is 1.70. The fourth-order valence-electron chi connectivity index (χ4n) is 4.14. The molecule has 1 aliphatic rings. The summed E-state index contributed by atoms with van der Waals surface area (Å²) in [6.07, 6.45) is -5.94. The quantitative estimate of drug-likeness (QED) is 0.259. The van der Waals surface area contributed by atoms with E-state index in [1.165, 1.54) is 48.8 Å². The molecule has 12 heteroatoms. The number of carbonyl (C=O) groups is 3. The number of nitrogens with one attached hydrogen (secondary N) is 1. The van der Waals surface area contributed by atoms with Gasteiger partial charge >= 0.3 is 6.18 Å². The van der Waals surface area contributed by atoms with Gasteiger partial charge in [0.25, 0.3) is 17.7 Å². The zero-order chi connectivity index (χ0) is 27.6. The van der Waals surface area contributed by atoms with E-state index in [1.807, 2.05) is 0 Å². The van der Waals surface area contributed by atoms with Crippen molar-refractivity contribution in [2.45, 2.75) is 18.8 Å². The molecule has 0 aliphatic carbocycles. The molecule has 2 aromatic carbocycles.